The molecule has 4 aromatic carbocycles. The van der Waals surface area contributed by atoms with Crippen molar-refractivity contribution >= 4 is 37.2 Å². The molecule has 7 nitrogen and oxygen atoms in total. The van der Waals surface area contributed by atoms with E-state index >= 15 is 0 Å². The van der Waals surface area contributed by atoms with Crippen LogP contribution in [0.5, 0.6) is 0 Å². The summed E-state index contributed by atoms with van der Waals surface area (Å²) >= 11 is 0. The lowest BCUT2D eigenvalue weighted by Crippen LogP contribution is -2.02. The van der Waals surface area contributed by atoms with Crippen molar-refractivity contribution in [2.45, 2.75) is 9.79 Å². The Morgan fingerprint density at radius 3 is 1.22 bits per heavy atom. The van der Waals surface area contributed by atoms with Gasteiger partial charge in [0.05, 0.1) is 9.79 Å². The van der Waals surface area contributed by atoms with E-state index in [1.807, 2.05) is 0 Å². The summed E-state index contributed by atoms with van der Waals surface area (Å²) in [6.07, 6.45) is 0. The summed E-state index contributed by atoms with van der Waals surface area (Å²) in [5.74, 6) is -1.64. The summed E-state index contributed by atoms with van der Waals surface area (Å²) in [5.41, 5.74) is 1.07. The molecule has 4 aromatic rings. The summed E-state index contributed by atoms with van der Waals surface area (Å²) in [6.45, 7) is 0. The Kier molecular flexibility index (Phi) is 5.61. The van der Waals surface area contributed by atoms with Gasteiger partial charge in [-0.25, -0.2) is 25.6 Å². The number of rotatable bonds is 6. The fourth-order valence-electron chi connectivity index (χ4n) is 3.75. The predicted molar refractivity (Wildman–Crippen MR) is 129 cm³/mol. The molecular formula is C25H14F2N2O5S2-2. The molecule has 0 saturated heterocycles. The van der Waals surface area contributed by atoms with E-state index in [2.05, 4.69) is 9.44 Å². The molecule has 0 amide bonds. The first-order valence-electron chi connectivity index (χ1n) is 10.3. The van der Waals surface area contributed by atoms with Gasteiger partial charge >= 0.3 is 0 Å². The second-order valence-electron chi connectivity index (χ2n) is 7.83. The second kappa shape index (κ2) is 8.54. The Balaban J connectivity index is 1.45. The summed E-state index contributed by atoms with van der Waals surface area (Å²) in [5, 5.41) is 0. The largest absolute Gasteiger partial charge is 0.573 e. The highest BCUT2D eigenvalue weighted by atomic mass is 32.2. The number of halogens is 2. The summed E-state index contributed by atoms with van der Waals surface area (Å²) < 4.78 is 84.6. The number of hydrogen-bond acceptors (Lipinski definition) is 5. The van der Waals surface area contributed by atoms with Crippen LogP contribution in [0.1, 0.15) is 15.9 Å². The Bertz CT molecular complexity index is 1610. The standard InChI is InChI=1S/C25H14F2N2O5S2/c26-15-1-5-17(6-2-15)28-35(31,32)19-9-11-21-22-12-10-20(14-24(22)25(30)23(21)13-19)36(33,34)29-18-7-3-16(27)4-8-18/h1-14H/q-2. The SMILES string of the molecule is O=C1c2cc(S(=O)(=O)[N-]c3ccc(F)cc3)ccc2-c2ccc(S(=O)(=O)[N-]c3ccc(F)cc3)cc21. The van der Waals surface area contributed by atoms with Gasteiger partial charge < -0.3 is 9.44 Å². The number of benzene rings is 4. The maximum absolute atomic E-state index is 13.1. The van der Waals surface area contributed by atoms with Crippen LogP contribution >= 0.6 is 0 Å². The smallest absolute Gasteiger partial charge is 0.194 e. The fraction of sp³-hybridized carbons (Fsp3) is 0. The average Bonchev–Trinajstić information content (AvgIpc) is 3.13. The van der Waals surface area contributed by atoms with Gasteiger partial charge in [-0.15, -0.1) is 11.4 Å². The molecule has 182 valence electrons. The minimum atomic E-state index is -4.21. The van der Waals surface area contributed by atoms with Crippen LogP contribution in [0.2, 0.25) is 0 Å². The monoisotopic (exact) mass is 524 g/mol. The number of fused-ring (bicyclic) bond motifs is 3. The number of carbonyl (C=O) groups excluding carboxylic acids is 1. The molecule has 0 unspecified atom stereocenters. The fourth-order valence-corrected chi connectivity index (χ4v) is 5.77. The van der Waals surface area contributed by atoms with Crippen molar-refractivity contribution in [3.8, 4) is 11.1 Å². The van der Waals surface area contributed by atoms with Gasteiger partial charge in [0.1, 0.15) is 31.7 Å². The van der Waals surface area contributed by atoms with Crippen LogP contribution in [-0.2, 0) is 20.0 Å². The quantitative estimate of drug-likeness (QED) is 0.272. The first-order chi connectivity index (χ1) is 17.0. The molecule has 0 atom stereocenters. The molecular weight excluding hydrogens is 510 g/mol. The minimum Gasteiger partial charge on any atom is -0.573 e. The first-order valence-corrected chi connectivity index (χ1v) is 13.2. The van der Waals surface area contributed by atoms with Crippen molar-refractivity contribution in [3.63, 3.8) is 0 Å². The van der Waals surface area contributed by atoms with Crippen molar-refractivity contribution in [3.05, 3.63) is 117 Å². The lowest BCUT2D eigenvalue weighted by molar-refractivity contribution is 0.104. The zero-order chi connectivity index (χ0) is 25.7. The summed E-state index contributed by atoms with van der Waals surface area (Å²) in [7, 11) is -8.43. The lowest BCUT2D eigenvalue weighted by Gasteiger charge is -2.22. The molecule has 36 heavy (non-hydrogen) atoms. The van der Waals surface area contributed by atoms with Gasteiger partial charge in [-0.05, 0) is 59.7 Å². The molecule has 0 radical (unpaired) electrons. The zero-order valence-corrected chi connectivity index (χ0v) is 19.7. The molecule has 0 N–H and O–H groups in total. The van der Waals surface area contributed by atoms with Gasteiger partial charge in [0.25, 0.3) is 0 Å². The molecule has 0 heterocycles. The van der Waals surface area contributed by atoms with E-state index in [-0.39, 0.29) is 32.3 Å². The van der Waals surface area contributed by atoms with E-state index in [0.29, 0.717) is 11.1 Å². The Hall–Kier alpha value is -4.09. The second-order valence-corrected chi connectivity index (χ2v) is 11.0. The van der Waals surface area contributed by atoms with Gasteiger partial charge in [-0.3, -0.25) is 4.79 Å². The topological polar surface area (TPSA) is 114 Å². The van der Waals surface area contributed by atoms with Gasteiger partial charge in [-0.1, -0.05) is 36.4 Å². The average molecular weight is 525 g/mol. The molecule has 11 heteroatoms. The van der Waals surface area contributed by atoms with E-state index < -0.39 is 37.5 Å². The van der Waals surface area contributed by atoms with E-state index in [1.54, 1.807) is 0 Å². The highest BCUT2D eigenvalue weighted by Gasteiger charge is 2.28. The molecule has 1 aliphatic carbocycles. The first kappa shape index (κ1) is 23.6. The molecule has 0 aliphatic heterocycles. The Morgan fingerprint density at radius 1 is 0.500 bits per heavy atom. The number of hydrogen-bond donors (Lipinski definition) is 0. The maximum atomic E-state index is 13.1. The molecule has 5 rings (SSSR count). The van der Waals surface area contributed by atoms with E-state index in [9.17, 15) is 30.4 Å². The molecule has 1 aliphatic rings. The van der Waals surface area contributed by atoms with Gasteiger partial charge in [0, 0.05) is 11.1 Å². The van der Waals surface area contributed by atoms with Gasteiger partial charge in [0.2, 0.25) is 0 Å². The Morgan fingerprint density at radius 2 is 0.861 bits per heavy atom. The van der Waals surface area contributed by atoms with E-state index in [1.165, 1.54) is 60.7 Å². The molecule has 0 fully saturated rings. The molecule has 0 bridgehead atoms. The van der Waals surface area contributed by atoms with Gasteiger partial charge in [-0.2, -0.15) is 0 Å². The lowest BCUT2D eigenvalue weighted by atomic mass is 10.1. The molecule has 0 spiro atoms. The Labute approximate surface area is 205 Å². The van der Waals surface area contributed by atoms with Crippen molar-refractivity contribution in [1.29, 1.82) is 0 Å². The third-order valence-corrected chi connectivity index (χ3v) is 8.06. The van der Waals surface area contributed by atoms with Crippen molar-refractivity contribution in [1.82, 2.24) is 0 Å². The van der Waals surface area contributed by atoms with Crippen LogP contribution in [0.25, 0.3) is 20.6 Å². The minimum absolute atomic E-state index is 0.0197. The van der Waals surface area contributed by atoms with E-state index in [0.717, 1.165) is 24.3 Å². The normalized spacial score (nSPS) is 12.7. The van der Waals surface area contributed by atoms with Crippen LogP contribution in [0, 0.1) is 11.6 Å². The molecule has 0 aromatic heterocycles. The highest BCUT2D eigenvalue weighted by molar-refractivity contribution is 7.94. The number of sulfonamides is 2. The molecule has 0 saturated carbocycles. The van der Waals surface area contributed by atoms with Crippen LogP contribution in [0.15, 0.2) is 94.7 Å². The van der Waals surface area contributed by atoms with Crippen molar-refractivity contribution in [2.75, 3.05) is 0 Å². The third kappa shape index (κ3) is 4.34. The number of ketones is 1. The third-order valence-electron chi connectivity index (χ3n) is 5.46. The van der Waals surface area contributed by atoms with Crippen molar-refractivity contribution < 1.29 is 30.4 Å². The van der Waals surface area contributed by atoms with Crippen LogP contribution in [-0.4, -0.2) is 22.6 Å². The van der Waals surface area contributed by atoms with Crippen molar-refractivity contribution in [2.24, 2.45) is 0 Å². The number of carbonyl (C=O) groups is 1. The van der Waals surface area contributed by atoms with Gasteiger partial charge in [0.15, 0.2) is 5.78 Å². The van der Waals surface area contributed by atoms with Crippen LogP contribution in [0.3, 0.4) is 0 Å². The number of nitrogens with zero attached hydrogens (tertiary/aromatic N) is 2. The summed E-state index contributed by atoms with van der Waals surface area (Å²) in [4.78, 5) is 12.6. The predicted octanol–water partition coefficient (Wildman–Crippen LogP) is 5.96. The maximum Gasteiger partial charge on any atom is 0.194 e. The zero-order valence-electron chi connectivity index (χ0n) is 18.1. The van der Waals surface area contributed by atoms with Crippen LogP contribution in [0.4, 0.5) is 20.2 Å². The van der Waals surface area contributed by atoms with E-state index in [4.69, 9.17) is 0 Å². The van der Waals surface area contributed by atoms with Crippen LogP contribution < -0.4 is 0 Å². The highest BCUT2D eigenvalue weighted by Crippen LogP contribution is 2.40. The summed E-state index contributed by atoms with van der Waals surface area (Å²) in [6, 6.07) is 17.0.